The first-order chi connectivity index (χ1) is 13.0. The molecule has 0 radical (unpaired) electrons. The van der Waals surface area contributed by atoms with Crippen molar-refractivity contribution in [3.8, 4) is 0 Å². The van der Waals surface area contributed by atoms with Crippen molar-refractivity contribution in [3.63, 3.8) is 0 Å². The number of anilines is 3. The van der Waals surface area contributed by atoms with Crippen molar-refractivity contribution in [2.45, 2.75) is 22.6 Å². The molecular formula is C19H17N3O4S. The summed E-state index contributed by atoms with van der Waals surface area (Å²) in [5.74, 6) is -0.312. The fraction of sp³-hybridized carbons (Fsp3) is 0.211. The third-order valence-corrected chi connectivity index (χ3v) is 6.06. The Morgan fingerprint density at radius 2 is 1.85 bits per heavy atom. The van der Waals surface area contributed by atoms with Crippen LogP contribution in [0.5, 0.6) is 0 Å². The average Bonchev–Trinajstić information content (AvgIpc) is 3.18. The number of thioether (sulfide) groups is 1. The van der Waals surface area contributed by atoms with Gasteiger partial charge in [0.25, 0.3) is 5.91 Å². The lowest BCUT2D eigenvalue weighted by Crippen LogP contribution is -2.49. The van der Waals surface area contributed by atoms with Crippen molar-refractivity contribution in [1.82, 2.24) is 0 Å². The Labute approximate surface area is 160 Å². The Morgan fingerprint density at radius 3 is 2.63 bits per heavy atom. The van der Waals surface area contributed by atoms with Crippen LogP contribution in [0.15, 0.2) is 53.4 Å². The number of nitrogens with one attached hydrogen (secondary N) is 2. The van der Waals surface area contributed by atoms with E-state index in [9.17, 15) is 14.4 Å². The summed E-state index contributed by atoms with van der Waals surface area (Å²) in [4.78, 5) is 38.6. The van der Waals surface area contributed by atoms with Gasteiger partial charge >= 0.3 is 6.09 Å². The molecule has 0 spiro atoms. The molecule has 1 atom stereocenters. The van der Waals surface area contributed by atoms with Crippen molar-refractivity contribution in [3.05, 3.63) is 48.5 Å². The molecule has 2 aromatic rings. The van der Waals surface area contributed by atoms with Gasteiger partial charge in [-0.05, 0) is 36.8 Å². The molecule has 27 heavy (non-hydrogen) atoms. The van der Waals surface area contributed by atoms with Crippen LogP contribution in [0.25, 0.3) is 0 Å². The zero-order valence-corrected chi connectivity index (χ0v) is 15.3. The molecule has 2 N–H and O–H groups in total. The number of ether oxygens (including phenoxy) is 1. The molecule has 138 valence electrons. The number of nitrogens with zero attached hydrogens (tertiary/aromatic N) is 1. The highest BCUT2D eigenvalue weighted by Crippen LogP contribution is 2.56. The van der Waals surface area contributed by atoms with Crippen LogP contribution in [0.2, 0.25) is 0 Å². The van der Waals surface area contributed by atoms with Gasteiger partial charge in [0.1, 0.15) is 0 Å². The Bertz CT molecular complexity index is 948. The van der Waals surface area contributed by atoms with E-state index in [0.717, 1.165) is 10.6 Å². The minimum Gasteiger partial charge on any atom is -0.453 e. The summed E-state index contributed by atoms with van der Waals surface area (Å²) < 4.78 is 4.57. The Kier molecular flexibility index (Phi) is 4.27. The minimum absolute atomic E-state index is 0.0521. The van der Waals surface area contributed by atoms with Gasteiger partial charge in [0, 0.05) is 22.7 Å². The van der Waals surface area contributed by atoms with Gasteiger partial charge in [-0.3, -0.25) is 19.8 Å². The fourth-order valence-electron chi connectivity index (χ4n) is 3.37. The lowest BCUT2D eigenvalue weighted by atomic mass is 10.1. The molecule has 2 aliphatic heterocycles. The number of methoxy groups -OCH3 is 1. The molecule has 8 heteroatoms. The van der Waals surface area contributed by atoms with Crippen molar-refractivity contribution < 1.29 is 19.1 Å². The van der Waals surface area contributed by atoms with Crippen LogP contribution in [-0.4, -0.2) is 29.9 Å². The van der Waals surface area contributed by atoms with Gasteiger partial charge in [-0.1, -0.05) is 30.0 Å². The number of carbonyl (C=O) groups is 3. The second-order valence-electron chi connectivity index (χ2n) is 6.23. The van der Waals surface area contributed by atoms with E-state index in [0.29, 0.717) is 24.2 Å². The van der Waals surface area contributed by atoms with Crippen molar-refractivity contribution in [2.75, 3.05) is 22.6 Å². The van der Waals surface area contributed by atoms with E-state index < -0.39 is 11.0 Å². The van der Waals surface area contributed by atoms with Gasteiger partial charge in [0.2, 0.25) is 5.91 Å². The molecule has 0 aromatic heterocycles. The first kappa shape index (κ1) is 17.4. The zero-order valence-electron chi connectivity index (χ0n) is 14.5. The molecule has 1 saturated heterocycles. The number of rotatable bonds is 3. The largest absolute Gasteiger partial charge is 0.453 e. The van der Waals surface area contributed by atoms with E-state index in [-0.39, 0.29) is 11.8 Å². The summed E-state index contributed by atoms with van der Waals surface area (Å²) in [6.07, 6.45) is 0.182. The van der Waals surface area contributed by atoms with Crippen LogP contribution >= 0.6 is 11.8 Å². The van der Waals surface area contributed by atoms with Gasteiger partial charge in [0.15, 0.2) is 4.87 Å². The molecular weight excluding hydrogens is 366 g/mol. The molecule has 7 nitrogen and oxygen atoms in total. The summed E-state index contributed by atoms with van der Waals surface area (Å²) >= 11 is 1.41. The molecule has 2 heterocycles. The second kappa shape index (κ2) is 6.62. The first-order valence-corrected chi connectivity index (χ1v) is 9.23. The molecule has 0 bridgehead atoms. The summed E-state index contributed by atoms with van der Waals surface area (Å²) in [6, 6.07) is 14.3. The highest BCUT2D eigenvalue weighted by Gasteiger charge is 2.57. The lowest BCUT2D eigenvalue weighted by molar-refractivity contribution is -0.121. The molecule has 2 aromatic carbocycles. The van der Waals surface area contributed by atoms with Crippen LogP contribution in [0, 0.1) is 0 Å². The predicted molar refractivity (Wildman–Crippen MR) is 103 cm³/mol. The summed E-state index contributed by atoms with van der Waals surface area (Å²) in [7, 11) is 1.28. The molecule has 1 fully saturated rings. The van der Waals surface area contributed by atoms with Crippen LogP contribution < -0.4 is 15.5 Å². The summed E-state index contributed by atoms with van der Waals surface area (Å²) in [6.45, 7) is 0. The topological polar surface area (TPSA) is 87.7 Å². The van der Waals surface area contributed by atoms with Gasteiger partial charge in [-0.25, -0.2) is 4.79 Å². The number of amides is 3. The molecule has 3 amide bonds. The van der Waals surface area contributed by atoms with Crippen LogP contribution in [0.4, 0.5) is 21.9 Å². The maximum atomic E-state index is 13.2. The van der Waals surface area contributed by atoms with Crippen LogP contribution in [0.3, 0.4) is 0 Å². The molecule has 0 aliphatic carbocycles. The maximum absolute atomic E-state index is 13.2. The zero-order chi connectivity index (χ0) is 19.0. The highest BCUT2D eigenvalue weighted by atomic mass is 32.2. The standard InChI is InChI=1S/C19H17N3O4S/c1-26-18(25)21-13-6-4-5-12(11-13)20-17(24)19-10-9-16(23)22(19)14-7-2-3-8-15(14)27-19/h2-8,11H,9-10H2,1H3,(H,20,24)(H,21,25). The third kappa shape index (κ3) is 2.91. The predicted octanol–water partition coefficient (Wildman–Crippen LogP) is 3.43. The summed E-state index contributed by atoms with van der Waals surface area (Å²) in [5, 5.41) is 5.45. The molecule has 1 unspecified atom stereocenters. The molecule has 0 saturated carbocycles. The highest BCUT2D eigenvalue weighted by molar-refractivity contribution is 8.02. The van der Waals surface area contributed by atoms with E-state index in [4.69, 9.17) is 0 Å². The first-order valence-electron chi connectivity index (χ1n) is 8.41. The number of hydrogen-bond donors (Lipinski definition) is 2. The second-order valence-corrected chi connectivity index (χ2v) is 7.55. The fourth-order valence-corrected chi connectivity index (χ4v) is 4.78. The summed E-state index contributed by atoms with van der Waals surface area (Å²) in [5.41, 5.74) is 1.80. The van der Waals surface area contributed by atoms with Gasteiger partial charge in [0.05, 0.1) is 12.8 Å². The van der Waals surface area contributed by atoms with Crippen LogP contribution in [0.1, 0.15) is 12.8 Å². The smallest absolute Gasteiger partial charge is 0.411 e. The molecule has 2 aliphatic rings. The monoisotopic (exact) mass is 383 g/mol. The Balaban J connectivity index is 1.59. The SMILES string of the molecule is COC(=O)Nc1cccc(NC(=O)C23CCC(=O)N2c2ccccc2S3)c1. The number of carbonyl (C=O) groups excluding carboxylic acids is 3. The van der Waals surface area contributed by atoms with E-state index >= 15 is 0 Å². The average molecular weight is 383 g/mol. The number of benzene rings is 2. The van der Waals surface area contributed by atoms with E-state index in [1.165, 1.54) is 18.9 Å². The van der Waals surface area contributed by atoms with Gasteiger partial charge < -0.3 is 10.1 Å². The van der Waals surface area contributed by atoms with Gasteiger partial charge in [-0.2, -0.15) is 0 Å². The van der Waals surface area contributed by atoms with Gasteiger partial charge in [-0.15, -0.1) is 0 Å². The Morgan fingerprint density at radius 1 is 1.11 bits per heavy atom. The number of hydrogen-bond acceptors (Lipinski definition) is 5. The normalized spacial score (nSPS) is 20.0. The lowest BCUT2D eigenvalue weighted by Gasteiger charge is -2.29. The van der Waals surface area contributed by atoms with E-state index in [1.54, 1.807) is 29.2 Å². The van der Waals surface area contributed by atoms with Crippen LogP contribution in [-0.2, 0) is 14.3 Å². The molecule has 4 rings (SSSR count). The Hall–Kier alpha value is -3.00. The third-order valence-electron chi connectivity index (χ3n) is 4.58. The maximum Gasteiger partial charge on any atom is 0.411 e. The van der Waals surface area contributed by atoms with Crippen molar-refractivity contribution in [1.29, 1.82) is 0 Å². The minimum atomic E-state index is -0.980. The quantitative estimate of drug-likeness (QED) is 0.848. The van der Waals surface area contributed by atoms with E-state index in [2.05, 4.69) is 15.4 Å². The number of para-hydroxylation sites is 1. The van der Waals surface area contributed by atoms with Crippen molar-refractivity contribution in [2.24, 2.45) is 0 Å². The van der Waals surface area contributed by atoms with E-state index in [1.807, 2.05) is 24.3 Å². The van der Waals surface area contributed by atoms with Crippen molar-refractivity contribution >= 4 is 46.7 Å². The number of fused-ring (bicyclic) bond motifs is 3.